The highest BCUT2D eigenvalue weighted by Crippen LogP contribution is 2.36. The molecular weight excluding hydrogens is 418 g/mol. The van der Waals surface area contributed by atoms with E-state index >= 15 is 0 Å². The van der Waals surface area contributed by atoms with E-state index in [2.05, 4.69) is 15.3 Å². The highest BCUT2D eigenvalue weighted by atomic mass is 32.1. The molecule has 0 bridgehead atoms. The fraction of sp³-hybridized carbons (Fsp3) is 0.136. The van der Waals surface area contributed by atoms with Crippen LogP contribution in [-0.2, 0) is 4.79 Å². The van der Waals surface area contributed by atoms with Crippen LogP contribution in [0.2, 0.25) is 0 Å². The number of thiazole rings is 2. The van der Waals surface area contributed by atoms with Gasteiger partial charge in [-0.3, -0.25) is 10.1 Å². The van der Waals surface area contributed by atoms with Crippen molar-refractivity contribution >= 4 is 50.0 Å². The average Bonchev–Trinajstić information content (AvgIpc) is 3.34. The molecule has 2 heterocycles. The minimum atomic E-state index is -0.248. The minimum Gasteiger partial charge on any atom is -0.493 e. The molecule has 0 atom stereocenters. The van der Waals surface area contributed by atoms with Gasteiger partial charge in [-0.15, -0.1) is 22.7 Å². The monoisotopic (exact) mass is 437 g/mol. The number of fused-ring (bicyclic) bond motifs is 1. The van der Waals surface area contributed by atoms with Crippen molar-refractivity contribution in [3.63, 3.8) is 0 Å². The highest BCUT2D eigenvalue weighted by Gasteiger charge is 2.14. The molecule has 0 unspecified atom stereocenters. The summed E-state index contributed by atoms with van der Waals surface area (Å²) in [6.07, 6.45) is 3.19. The van der Waals surface area contributed by atoms with E-state index in [-0.39, 0.29) is 5.91 Å². The van der Waals surface area contributed by atoms with Crippen molar-refractivity contribution in [2.75, 3.05) is 19.5 Å². The van der Waals surface area contributed by atoms with Gasteiger partial charge in [0, 0.05) is 16.5 Å². The van der Waals surface area contributed by atoms with E-state index in [0.29, 0.717) is 16.6 Å². The van der Waals surface area contributed by atoms with Crippen LogP contribution < -0.4 is 14.8 Å². The van der Waals surface area contributed by atoms with Crippen molar-refractivity contribution in [3.8, 4) is 22.8 Å². The Morgan fingerprint density at radius 3 is 2.60 bits per heavy atom. The molecule has 2 aromatic heterocycles. The van der Waals surface area contributed by atoms with Gasteiger partial charge < -0.3 is 9.47 Å². The smallest absolute Gasteiger partial charge is 0.250 e. The molecule has 0 fully saturated rings. The third kappa shape index (κ3) is 4.19. The molecule has 0 spiro atoms. The number of aryl methyl sites for hydroxylation is 1. The molecule has 0 saturated carbocycles. The second kappa shape index (κ2) is 8.64. The number of rotatable bonds is 6. The van der Waals surface area contributed by atoms with Crippen LogP contribution in [0.1, 0.15) is 9.88 Å². The van der Waals surface area contributed by atoms with Crippen LogP contribution in [0.15, 0.2) is 48.5 Å². The van der Waals surface area contributed by atoms with Crippen LogP contribution in [0.4, 0.5) is 5.13 Å². The molecule has 1 amide bonds. The largest absolute Gasteiger partial charge is 0.493 e. The lowest BCUT2D eigenvalue weighted by Crippen LogP contribution is -2.07. The number of hydrogen-bond donors (Lipinski definition) is 1. The Bertz CT molecular complexity index is 1210. The maximum Gasteiger partial charge on any atom is 0.250 e. The van der Waals surface area contributed by atoms with E-state index in [4.69, 9.17) is 9.47 Å². The highest BCUT2D eigenvalue weighted by molar-refractivity contribution is 7.19. The number of nitrogens with one attached hydrogen (secondary N) is 1. The maximum absolute atomic E-state index is 12.4. The summed E-state index contributed by atoms with van der Waals surface area (Å²) >= 11 is 2.97. The first kappa shape index (κ1) is 20.1. The first-order chi connectivity index (χ1) is 14.6. The summed E-state index contributed by atoms with van der Waals surface area (Å²) < 4.78 is 11.7. The molecule has 4 aromatic rings. The molecule has 0 saturated heterocycles. The molecule has 30 heavy (non-hydrogen) atoms. The number of carbonyl (C=O) groups is 1. The van der Waals surface area contributed by atoms with Gasteiger partial charge in [0.15, 0.2) is 16.6 Å². The number of carbonyl (C=O) groups excluding carboxylic acids is 1. The van der Waals surface area contributed by atoms with Crippen LogP contribution >= 0.6 is 22.7 Å². The van der Waals surface area contributed by atoms with Crippen molar-refractivity contribution in [3.05, 3.63) is 58.4 Å². The van der Waals surface area contributed by atoms with E-state index in [0.717, 1.165) is 31.4 Å². The van der Waals surface area contributed by atoms with Crippen LogP contribution in [-0.4, -0.2) is 30.1 Å². The number of anilines is 1. The van der Waals surface area contributed by atoms with E-state index in [1.165, 1.54) is 17.4 Å². The third-order valence-corrected chi connectivity index (χ3v) is 6.26. The van der Waals surface area contributed by atoms with Gasteiger partial charge >= 0.3 is 0 Å². The fourth-order valence-electron chi connectivity index (χ4n) is 2.96. The second-order valence-corrected chi connectivity index (χ2v) is 8.60. The molecule has 8 heteroatoms. The molecule has 4 rings (SSSR count). The second-order valence-electron chi connectivity index (χ2n) is 6.34. The molecular formula is C22H19N3O3S2. The summed E-state index contributed by atoms with van der Waals surface area (Å²) in [6.45, 7) is 1.97. The molecule has 2 aromatic carbocycles. The zero-order valence-electron chi connectivity index (χ0n) is 16.6. The maximum atomic E-state index is 12.4. The summed E-state index contributed by atoms with van der Waals surface area (Å²) in [7, 11) is 3.19. The van der Waals surface area contributed by atoms with E-state index in [1.807, 2.05) is 49.4 Å². The van der Waals surface area contributed by atoms with Gasteiger partial charge in [0.2, 0.25) is 5.91 Å². The Balaban J connectivity index is 1.49. The van der Waals surface area contributed by atoms with Crippen LogP contribution in [0.3, 0.4) is 0 Å². The van der Waals surface area contributed by atoms with Crippen molar-refractivity contribution in [2.24, 2.45) is 0 Å². The topological polar surface area (TPSA) is 73.3 Å². The van der Waals surface area contributed by atoms with E-state index < -0.39 is 0 Å². The lowest BCUT2D eigenvalue weighted by Gasteiger charge is -2.08. The van der Waals surface area contributed by atoms with Crippen molar-refractivity contribution in [1.29, 1.82) is 0 Å². The molecule has 6 nitrogen and oxygen atoms in total. The fourth-order valence-corrected chi connectivity index (χ4v) is 4.67. The van der Waals surface area contributed by atoms with Crippen molar-refractivity contribution in [2.45, 2.75) is 6.92 Å². The number of amides is 1. The van der Waals surface area contributed by atoms with Crippen LogP contribution in [0.5, 0.6) is 11.5 Å². The van der Waals surface area contributed by atoms with Gasteiger partial charge in [-0.05, 0) is 43.3 Å². The predicted molar refractivity (Wildman–Crippen MR) is 123 cm³/mol. The lowest BCUT2D eigenvalue weighted by molar-refractivity contribution is -0.111. The van der Waals surface area contributed by atoms with Gasteiger partial charge in [-0.25, -0.2) is 9.97 Å². The Morgan fingerprint density at radius 1 is 1.03 bits per heavy atom. The normalized spacial score (nSPS) is 11.2. The number of methoxy groups -OCH3 is 2. The van der Waals surface area contributed by atoms with E-state index in [1.54, 1.807) is 31.6 Å². The van der Waals surface area contributed by atoms with Crippen LogP contribution in [0.25, 0.3) is 27.6 Å². The Labute approximate surface area is 181 Å². The molecule has 1 N–H and O–H groups in total. The quantitative estimate of drug-likeness (QED) is 0.409. The first-order valence-corrected chi connectivity index (χ1v) is 10.7. The summed E-state index contributed by atoms with van der Waals surface area (Å²) in [5, 5.41) is 4.15. The lowest BCUT2D eigenvalue weighted by atomic mass is 10.1. The standard InChI is InChI=1S/C22H19N3O3S2/c1-13-21(14-8-9-16(27-2)17(12-14)28-3)25-22(29-13)24-19(26)10-11-20-23-15-6-4-5-7-18(15)30-20/h4-12H,1-3H3,(H,24,25,26)/b11-10+. The van der Waals surface area contributed by atoms with Crippen molar-refractivity contribution < 1.29 is 14.3 Å². The molecule has 0 radical (unpaired) electrons. The van der Waals surface area contributed by atoms with E-state index in [9.17, 15) is 4.79 Å². The molecule has 0 aliphatic heterocycles. The number of aromatic nitrogens is 2. The summed E-state index contributed by atoms with van der Waals surface area (Å²) in [5.74, 6) is 1.04. The van der Waals surface area contributed by atoms with Gasteiger partial charge in [-0.1, -0.05) is 12.1 Å². The predicted octanol–water partition coefficient (Wildman–Crippen LogP) is 5.40. The number of ether oxygens (including phenoxy) is 2. The van der Waals surface area contributed by atoms with Gasteiger partial charge in [0.05, 0.1) is 30.1 Å². The summed E-state index contributed by atoms with van der Waals surface area (Å²) in [6, 6.07) is 13.5. The molecule has 0 aliphatic carbocycles. The van der Waals surface area contributed by atoms with Gasteiger partial charge in [0.25, 0.3) is 0 Å². The van der Waals surface area contributed by atoms with Crippen molar-refractivity contribution in [1.82, 2.24) is 9.97 Å². The number of para-hydroxylation sites is 1. The Hall–Kier alpha value is -3.23. The minimum absolute atomic E-state index is 0.248. The van der Waals surface area contributed by atoms with Gasteiger partial charge in [-0.2, -0.15) is 0 Å². The average molecular weight is 438 g/mol. The zero-order valence-corrected chi connectivity index (χ0v) is 18.3. The first-order valence-electron chi connectivity index (χ1n) is 9.12. The third-order valence-electron chi connectivity index (χ3n) is 4.37. The van der Waals surface area contributed by atoms with Gasteiger partial charge in [0.1, 0.15) is 5.01 Å². The summed E-state index contributed by atoms with van der Waals surface area (Å²) in [5.41, 5.74) is 2.62. The molecule has 0 aliphatic rings. The Kier molecular flexibility index (Phi) is 5.78. The number of hydrogen-bond acceptors (Lipinski definition) is 7. The zero-order chi connectivity index (χ0) is 21.1. The number of benzene rings is 2. The summed E-state index contributed by atoms with van der Waals surface area (Å²) in [4.78, 5) is 22.4. The Morgan fingerprint density at radius 2 is 1.83 bits per heavy atom. The van der Waals surface area contributed by atoms with Crippen LogP contribution in [0, 0.1) is 6.92 Å². The SMILES string of the molecule is COc1ccc(-c2nc(NC(=O)/C=C/c3nc4ccccc4s3)sc2C)cc1OC. The number of nitrogens with zero attached hydrogens (tertiary/aromatic N) is 2. The molecule has 152 valence electrons.